The average Bonchev–Trinajstić information content (AvgIpc) is 2.25. The maximum Gasteiger partial charge on any atom is 0.236 e. The number of carbonyl (C=O) groups excluding carboxylic acids is 1. The Morgan fingerprint density at radius 2 is 2.17 bits per heavy atom. The van der Waals surface area contributed by atoms with Gasteiger partial charge in [-0.3, -0.25) is 4.79 Å². The third-order valence-electron chi connectivity index (χ3n) is 2.11. The average molecular weight is 277 g/mol. The number of amides is 1. The second-order valence-corrected chi connectivity index (χ2v) is 3.92. The van der Waals surface area contributed by atoms with E-state index in [4.69, 9.17) is 10.5 Å². The quantitative estimate of drug-likeness (QED) is 0.856. The van der Waals surface area contributed by atoms with Crippen LogP contribution in [-0.2, 0) is 4.79 Å². The SMILES string of the molecule is CC(CNC(=O)[C@@H](C)N)Oc1cccc(F)c1.Cl. The van der Waals surface area contributed by atoms with Gasteiger partial charge in [0.1, 0.15) is 17.7 Å². The first-order chi connectivity index (χ1) is 7.99. The van der Waals surface area contributed by atoms with E-state index in [1.807, 2.05) is 0 Å². The van der Waals surface area contributed by atoms with Gasteiger partial charge in [0, 0.05) is 6.07 Å². The summed E-state index contributed by atoms with van der Waals surface area (Å²) in [6.45, 7) is 3.72. The number of ether oxygens (including phenoxy) is 1. The predicted molar refractivity (Wildman–Crippen MR) is 70.4 cm³/mol. The van der Waals surface area contributed by atoms with Gasteiger partial charge in [-0.25, -0.2) is 4.39 Å². The van der Waals surface area contributed by atoms with E-state index in [1.165, 1.54) is 12.1 Å². The summed E-state index contributed by atoms with van der Waals surface area (Å²) in [4.78, 5) is 11.2. The molecule has 1 amide bonds. The predicted octanol–water partition coefficient (Wildman–Crippen LogP) is 1.48. The summed E-state index contributed by atoms with van der Waals surface area (Å²) in [5.41, 5.74) is 5.39. The van der Waals surface area contributed by atoms with Gasteiger partial charge in [-0.15, -0.1) is 12.4 Å². The van der Waals surface area contributed by atoms with Crippen LogP contribution in [0.1, 0.15) is 13.8 Å². The zero-order valence-electron chi connectivity index (χ0n) is 10.4. The van der Waals surface area contributed by atoms with Crippen molar-refractivity contribution in [2.45, 2.75) is 26.0 Å². The molecule has 1 rings (SSSR count). The molecule has 0 saturated carbocycles. The molecule has 1 aromatic carbocycles. The van der Waals surface area contributed by atoms with Crippen LogP contribution in [0, 0.1) is 5.82 Å². The Morgan fingerprint density at radius 3 is 2.72 bits per heavy atom. The van der Waals surface area contributed by atoms with E-state index in [-0.39, 0.29) is 30.2 Å². The molecule has 4 nitrogen and oxygen atoms in total. The van der Waals surface area contributed by atoms with Gasteiger partial charge in [0.15, 0.2) is 0 Å². The van der Waals surface area contributed by atoms with Gasteiger partial charge in [-0.2, -0.15) is 0 Å². The molecular formula is C12H18ClFN2O2. The summed E-state index contributed by atoms with van der Waals surface area (Å²) in [6, 6.07) is 5.32. The highest BCUT2D eigenvalue weighted by molar-refractivity contribution is 5.85. The molecule has 1 unspecified atom stereocenters. The van der Waals surface area contributed by atoms with Crippen molar-refractivity contribution < 1.29 is 13.9 Å². The number of hydrogen-bond donors (Lipinski definition) is 2. The van der Waals surface area contributed by atoms with E-state index in [9.17, 15) is 9.18 Å². The van der Waals surface area contributed by atoms with E-state index in [1.54, 1.807) is 26.0 Å². The maximum absolute atomic E-state index is 12.9. The molecule has 18 heavy (non-hydrogen) atoms. The minimum atomic E-state index is -0.545. The molecule has 0 aliphatic rings. The molecule has 0 bridgehead atoms. The molecule has 0 fully saturated rings. The summed E-state index contributed by atoms with van der Waals surface area (Å²) < 4.78 is 18.3. The molecule has 3 N–H and O–H groups in total. The van der Waals surface area contributed by atoms with E-state index < -0.39 is 6.04 Å². The van der Waals surface area contributed by atoms with Crippen molar-refractivity contribution >= 4 is 18.3 Å². The summed E-state index contributed by atoms with van der Waals surface area (Å²) in [6.07, 6.45) is -0.250. The monoisotopic (exact) mass is 276 g/mol. The molecule has 0 heterocycles. The summed E-state index contributed by atoms with van der Waals surface area (Å²) in [5, 5.41) is 2.63. The lowest BCUT2D eigenvalue weighted by atomic mass is 10.3. The highest BCUT2D eigenvalue weighted by atomic mass is 35.5. The third kappa shape index (κ3) is 5.84. The van der Waals surface area contributed by atoms with Crippen LogP contribution in [0.4, 0.5) is 4.39 Å². The molecule has 0 aromatic heterocycles. The van der Waals surface area contributed by atoms with E-state index in [2.05, 4.69) is 5.32 Å². The maximum atomic E-state index is 12.9. The number of nitrogens with one attached hydrogen (secondary N) is 1. The third-order valence-corrected chi connectivity index (χ3v) is 2.11. The van der Waals surface area contributed by atoms with Gasteiger partial charge in [-0.05, 0) is 26.0 Å². The van der Waals surface area contributed by atoms with Crippen LogP contribution in [0.15, 0.2) is 24.3 Å². The molecule has 0 aliphatic heterocycles. The van der Waals surface area contributed by atoms with Gasteiger partial charge in [-0.1, -0.05) is 6.07 Å². The number of hydrogen-bond acceptors (Lipinski definition) is 3. The number of carbonyl (C=O) groups is 1. The highest BCUT2D eigenvalue weighted by Crippen LogP contribution is 2.13. The van der Waals surface area contributed by atoms with Crippen LogP contribution in [0.5, 0.6) is 5.75 Å². The van der Waals surface area contributed by atoms with Gasteiger partial charge >= 0.3 is 0 Å². The molecule has 6 heteroatoms. The van der Waals surface area contributed by atoms with Crippen LogP contribution in [-0.4, -0.2) is 24.6 Å². The Kier molecular flexibility index (Phi) is 7.31. The van der Waals surface area contributed by atoms with Gasteiger partial charge in [0.2, 0.25) is 5.91 Å². The zero-order chi connectivity index (χ0) is 12.8. The topological polar surface area (TPSA) is 64.4 Å². The molecule has 0 spiro atoms. The zero-order valence-corrected chi connectivity index (χ0v) is 11.2. The van der Waals surface area contributed by atoms with Crippen LogP contribution < -0.4 is 15.8 Å². The van der Waals surface area contributed by atoms with Crippen molar-refractivity contribution in [2.24, 2.45) is 5.73 Å². The lowest BCUT2D eigenvalue weighted by Crippen LogP contribution is -2.42. The first-order valence-electron chi connectivity index (χ1n) is 5.44. The van der Waals surface area contributed by atoms with Crippen molar-refractivity contribution in [3.8, 4) is 5.75 Å². The molecule has 0 aliphatic carbocycles. The fourth-order valence-corrected chi connectivity index (χ4v) is 1.22. The number of benzene rings is 1. The molecule has 1 aromatic rings. The normalized spacial score (nSPS) is 13.1. The Bertz CT molecular complexity index is 388. The smallest absolute Gasteiger partial charge is 0.236 e. The first kappa shape index (κ1) is 16.7. The number of halogens is 2. The fraction of sp³-hybridized carbons (Fsp3) is 0.417. The molecule has 102 valence electrons. The lowest BCUT2D eigenvalue weighted by molar-refractivity contribution is -0.122. The largest absolute Gasteiger partial charge is 0.489 e. The van der Waals surface area contributed by atoms with E-state index in [0.717, 1.165) is 0 Å². The van der Waals surface area contributed by atoms with Crippen molar-refractivity contribution in [3.05, 3.63) is 30.1 Å². The van der Waals surface area contributed by atoms with E-state index >= 15 is 0 Å². The Labute approximate surface area is 112 Å². The standard InChI is InChI=1S/C12H17FN2O2.ClH/c1-8(7-15-12(16)9(2)14)17-11-5-3-4-10(13)6-11;/h3-6,8-9H,7,14H2,1-2H3,(H,15,16);1H/t8?,9-;/m1./s1. The molecule has 0 radical (unpaired) electrons. The van der Waals surface area contributed by atoms with Gasteiger partial charge in [0.25, 0.3) is 0 Å². The Balaban J connectivity index is 0.00000289. The van der Waals surface area contributed by atoms with Gasteiger partial charge < -0.3 is 15.8 Å². The minimum absolute atomic E-state index is 0. The number of nitrogens with two attached hydrogens (primary N) is 1. The van der Waals surface area contributed by atoms with Crippen LogP contribution in [0.3, 0.4) is 0 Å². The van der Waals surface area contributed by atoms with Crippen molar-refractivity contribution in [1.29, 1.82) is 0 Å². The second kappa shape index (κ2) is 7.89. The van der Waals surface area contributed by atoms with Crippen molar-refractivity contribution in [1.82, 2.24) is 5.32 Å². The van der Waals surface area contributed by atoms with Crippen LogP contribution in [0.2, 0.25) is 0 Å². The molecule has 0 saturated heterocycles. The lowest BCUT2D eigenvalue weighted by Gasteiger charge is -2.16. The fourth-order valence-electron chi connectivity index (χ4n) is 1.22. The molecular weight excluding hydrogens is 259 g/mol. The highest BCUT2D eigenvalue weighted by Gasteiger charge is 2.10. The van der Waals surface area contributed by atoms with Crippen LogP contribution >= 0.6 is 12.4 Å². The first-order valence-corrected chi connectivity index (χ1v) is 5.44. The number of rotatable bonds is 5. The van der Waals surface area contributed by atoms with Gasteiger partial charge in [0.05, 0.1) is 12.6 Å². The second-order valence-electron chi connectivity index (χ2n) is 3.92. The summed E-state index contributed by atoms with van der Waals surface area (Å²) >= 11 is 0. The summed E-state index contributed by atoms with van der Waals surface area (Å²) in [5.74, 6) is -0.151. The molecule has 2 atom stereocenters. The summed E-state index contributed by atoms with van der Waals surface area (Å²) in [7, 11) is 0. The Hall–Kier alpha value is -1.33. The van der Waals surface area contributed by atoms with Crippen LogP contribution in [0.25, 0.3) is 0 Å². The van der Waals surface area contributed by atoms with E-state index in [0.29, 0.717) is 12.3 Å². The Morgan fingerprint density at radius 1 is 1.50 bits per heavy atom. The van der Waals surface area contributed by atoms with Crippen molar-refractivity contribution in [3.63, 3.8) is 0 Å². The minimum Gasteiger partial charge on any atom is -0.489 e. The van der Waals surface area contributed by atoms with Crippen molar-refractivity contribution in [2.75, 3.05) is 6.54 Å².